The molecular weight excluding hydrogens is 376 g/mol. The molecule has 0 saturated carbocycles. The molecular formula is C21H28N2O4S. The van der Waals surface area contributed by atoms with Gasteiger partial charge in [0.05, 0.1) is 12.3 Å². The van der Waals surface area contributed by atoms with Crippen LogP contribution in [0, 0.1) is 0 Å². The van der Waals surface area contributed by atoms with Crippen molar-refractivity contribution in [1.29, 1.82) is 0 Å². The maximum absolute atomic E-state index is 12.2. The first kappa shape index (κ1) is 21.8. The Labute approximate surface area is 167 Å². The molecule has 0 fully saturated rings. The molecule has 1 amide bonds. The molecule has 2 N–H and O–H groups in total. The summed E-state index contributed by atoms with van der Waals surface area (Å²) < 4.78 is 30.4. The summed E-state index contributed by atoms with van der Waals surface area (Å²) in [6.07, 6.45) is 1.10. The van der Waals surface area contributed by atoms with E-state index in [1.165, 1.54) is 5.56 Å². The molecule has 0 aliphatic carbocycles. The fraction of sp³-hybridized carbons (Fsp3) is 0.381. The third-order valence-electron chi connectivity index (χ3n) is 4.18. The molecule has 0 radical (unpaired) electrons. The first-order chi connectivity index (χ1) is 12.9. The average molecular weight is 405 g/mol. The van der Waals surface area contributed by atoms with Gasteiger partial charge in [0.25, 0.3) is 5.91 Å². The van der Waals surface area contributed by atoms with E-state index in [1.54, 1.807) is 24.3 Å². The quantitative estimate of drug-likeness (QED) is 0.738. The lowest BCUT2D eigenvalue weighted by Gasteiger charge is -2.19. The van der Waals surface area contributed by atoms with Crippen molar-refractivity contribution in [3.8, 4) is 5.75 Å². The third-order valence-corrected chi connectivity index (χ3v) is 4.79. The first-order valence-corrected chi connectivity index (χ1v) is 10.9. The molecule has 2 rings (SSSR count). The van der Waals surface area contributed by atoms with Gasteiger partial charge >= 0.3 is 0 Å². The molecule has 2 aromatic rings. The van der Waals surface area contributed by atoms with Crippen molar-refractivity contribution in [3.05, 3.63) is 59.7 Å². The van der Waals surface area contributed by atoms with Gasteiger partial charge in [-0.2, -0.15) is 0 Å². The van der Waals surface area contributed by atoms with E-state index in [4.69, 9.17) is 4.74 Å². The molecule has 6 nitrogen and oxygen atoms in total. The normalized spacial score (nSPS) is 12.9. The van der Waals surface area contributed by atoms with Gasteiger partial charge in [0.15, 0.2) is 6.61 Å². The van der Waals surface area contributed by atoms with Gasteiger partial charge in [-0.3, -0.25) is 9.52 Å². The summed E-state index contributed by atoms with van der Waals surface area (Å²) in [5.41, 5.74) is 2.61. The van der Waals surface area contributed by atoms with Crippen LogP contribution in [0.15, 0.2) is 48.5 Å². The Hall–Kier alpha value is -2.54. The third kappa shape index (κ3) is 6.88. The van der Waals surface area contributed by atoms with Crippen LogP contribution in [0.1, 0.15) is 44.9 Å². The van der Waals surface area contributed by atoms with Gasteiger partial charge in [0.2, 0.25) is 10.0 Å². The van der Waals surface area contributed by atoms with Crippen LogP contribution in [0.4, 0.5) is 5.69 Å². The summed E-state index contributed by atoms with van der Waals surface area (Å²) >= 11 is 0. The molecule has 7 heteroatoms. The van der Waals surface area contributed by atoms with Crippen LogP contribution in [-0.2, 0) is 20.2 Å². The zero-order chi connectivity index (χ0) is 20.9. The largest absolute Gasteiger partial charge is 0.484 e. The van der Waals surface area contributed by atoms with E-state index < -0.39 is 10.0 Å². The van der Waals surface area contributed by atoms with E-state index in [0.717, 1.165) is 11.8 Å². The van der Waals surface area contributed by atoms with E-state index >= 15 is 0 Å². The lowest BCUT2D eigenvalue weighted by Crippen LogP contribution is -2.31. The Morgan fingerprint density at radius 2 is 1.61 bits per heavy atom. The molecule has 0 aliphatic rings. The van der Waals surface area contributed by atoms with Crippen molar-refractivity contribution >= 4 is 21.6 Å². The van der Waals surface area contributed by atoms with Crippen LogP contribution < -0.4 is 14.8 Å². The first-order valence-electron chi connectivity index (χ1n) is 9.04. The van der Waals surface area contributed by atoms with E-state index in [-0.39, 0.29) is 24.0 Å². The minimum absolute atomic E-state index is 0.0672. The van der Waals surface area contributed by atoms with Gasteiger partial charge < -0.3 is 10.1 Å². The number of amides is 1. The highest BCUT2D eigenvalue weighted by Crippen LogP contribution is 2.24. The number of rotatable bonds is 7. The second-order valence-electron chi connectivity index (χ2n) is 7.85. The Bertz CT molecular complexity index is 899. The Morgan fingerprint density at radius 3 is 2.11 bits per heavy atom. The predicted octanol–water partition coefficient (Wildman–Crippen LogP) is 3.61. The number of anilines is 1. The fourth-order valence-electron chi connectivity index (χ4n) is 2.62. The molecule has 2 aromatic carbocycles. The summed E-state index contributed by atoms with van der Waals surface area (Å²) in [5, 5.41) is 2.87. The summed E-state index contributed by atoms with van der Waals surface area (Å²) in [7, 11) is -3.31. The number of carbonyl (C=O) groups excluding carboxylic acids is 1. The van der Waals surface area contributed by atoms with Crippen molar-refractivity contribution in [1.82, 2.24) is 5.32 Å². The van der Waals surface area contributed by atoms with E-state index in [2.05, 4.69) is 30.8 Å². The highest BCUT2D eigenvalue weighted by Gasteiger charge is 2.14. The van der Waals surface area contributed by atoms with Crippen LogP contribution in [0.5, 0.6) is 5.75 Å². The predicted molar refractivity (Wildman–Crippen MR) is 112 cm³/mol. The number of hydrogen-bond acceptors (Lipinski definition) is 4. The molecule has 0 spiro atoms. The van der Waals surface area contributed by atoms with Crippen LogP contribution >= 0.6 is 0 Å². The maximum Gasteiger partial charge on any atom is 0.258 e. The molecule has 0 saturated heterocycles. The second kappa shape index (κ2) is 8.65. The lowest BCUT2D eigenvalue weighted by molar-refractivity contribution is -0.123. The van der Waals surface area contributed by atoms with Crippen molar-refractivity contribution in [3.63, 3.8) is 0 Å². The van der Waals surface area contributed by atoms with Crippen molar-refractivity contribution in [2.75, 3.05) is 17.6 Å². The van der Waals surface area contributed by atoms with Crippen molar-refractivity contribution in [2.24, 2.45) is 0 Å². The summed E-state index contributed by atoms with van der Waals surface area (Å²) in [6.45, 7) is 8.20. The number of benzene rings is 2. The van der Waals surface area contributed by atoms with Gasteiger partial charge in [0.1, 0.15) is 5.75 Å². The summed E-state index contributed by atoms with van der Waals surface area (Å²) in [5.74, 6) is 0.415. The highest BCUT2D eigenvalue weighted by atomic mass is 32.2. The van der Waals surface area contributed by atoms with Gasteiger partial charge in [-0.25, -0.2) is 8.42 Å². The molecule has 1 atom stereocenters. The Morgan fingerprint density at radius 1 is 1.04 bits per heavy atom. The minimum Gasteiger partial charge on any atom is -0.484 e. The van der Waals surface area contributed by atoms with Gasteiger partial charge in [-0.1, -0.05) is 45.0 Å². The molecule has 0 aliphatic heterocycles. The molecule has 0 aromatic heterocycles. The van der Waals surface area contributed by atoms with Crippen molar-refractivity contribution in [2.45, 2.75) is 39.2 Å². The molecule has 0 bridgehead atoms. The van der Waals surface area contributed by atoms with E-state index in [1.807, 2.05) is 31.2 Å². The monoisotopic (exact) mass is 404 g/mol. The van der Waals surface area contributed by atoms with Crippen LogP contribution in [-0.4, -0.2) is 27.2 Å². The van der Waals surface area contributed by atoms with Gasteiger partial charge in [-0.05, 0) is 47.7 Å². The topological polar surface area (TPSA) is 84.5 Å². The molecule has 0 unspecified atom stereocenters. The molecule has 152 valence electrons. The summed E-state index contributed by atoms with van der Waals surface area (Å²) in [4.78, 5) is 12.2. The van der Waals surface area contributed by atoms with Gasteiger partial charge in [0, 0.05) is 5.69 Å². The molecule has 28 heavy (non-hydrogen) atoms. The average Bonchev–Trinajstić information content (AvgIpc) is 2.59. The van der Waals surface area contributed by atoms with Crippen LogP contribution in [0.2, 0.25) is 0 Å². The van der Waals surface area contributed by atoms with Gasteiger partial charge in [-0.15, -0.1) is 0 Å². The van der Waals surface area contributed by atoms with Crippen molar-refractivity contribution < 1.29 is 17.9 Å². The molecule has 0 heterocycles. The smallest absolute Gasteiger partial charge is 0.258 e. The standard InChI is InChI=1S/C21H28N2O4S/c1-15(16-6-10-18(11-7-16)23-28(5,25)26)22-20(24)14-27-19-12-8-17(9-13-19)21(2,3)4/h6-13,15,23H,14H2,1-5H3,(H,22,24)/t15-/m1/s1. The second-order valence-corrected chi connectivity index (χ2v) is 9.60. The highest BCUT2D eigenvalue weighted by molar-refractivity contribution is 7.92. The number of ether oxygens (including phenoxy) is 1. The Kier molecular flexibility index (Phi) is 6.72. The lowest BCUT2D eigenvalue weighted by atomic mass is 9.87. The SMILES string of the molecule is C[C@@H](NC(=O)COc1ccc(C(C)(C)C)cc1)c1ccc(NS(C)(=O)=O)cc1. The van der Waals surface area contributed by atoms with E-state index in [9.17, 15) is 13.2 Å². The zero-order valence-electron chi connectivity index (χ0n) is 16.9. The number of carbonyl (C=O) groups is 1. The number of sulfonamides is 1. The zero-order valence-corrected chi connectivity index (χ0v) is 17.8. The number of nitrogens with one attached hydrogen (secondary N) is 2. The van der Waals surface area contributed by atoms with Crippen LogP contribution in [0.3, 0.4) is 0 Å². The fourth-order valence-corrected chi connectivity index (χ4v) is 3.18. The maximum atomic E-state index is 12.2. The van der Waals surface area contributed by atoms with E-state index in [0.29, 0.717) is 11.4 Å². The number of hydrogen-bond donors (Lipinski definition) is 2. The Balaban J connectivity index is 1.87. The minimum atomic E-state index is -3.31. The van der Waals surface area contributed by atoms with Crippen LogP contribution in [0.25, 0.3) is 0 Å². The summed E-state index contributed by atoms with van der Waals surface area (Å²) in [6, 6.07) is 14.4.